The average molecular weight is 615 g/mol. The highest BCUT2D eigenvalue weighted by atomic mass is 31.2. The summed E-state index contributed by atoms with van der Waals surface area (Å²) in [5.74, 6) is -1.96. The highest BCUT2D eigenvalue weighted by Gasteiger charge is 2.29. The third kappa shape index (κ3) is 11.4. The molecule has 1 unspecified atom stereocenters. The summed E-state index contributed by atoms with van der Waals surface area (Å²) < 4.78 is 17.6. The van der Waals surface area contributed by atoms with Crippen molar-refractivity contribution in [1.29, 1.82) is 0 Å². The molecule has 0 fully saturated rings. The quantitative estimate of drug-likeness (QED) is 0.0850. The number of aliphatic hydroxyl groups is 1. The minimum absolute atomic E-state index is 0.148. The first-order valence-electron chi connectivity index (χ1n) is 13.7. The summed E-state index contributed by atoms with van der Waals surface area (Å²) in [5.41, 5.74) is 8.97. The Labute approximate surface area is 251 Å². The van der Waals surface area contributed by atoms with E-state index in [0.717, 1.165) is 0 Å². The van der Waals surface area contributed by atoms with Gasteiger partial charge >= 0.3 is 13.6 Å². The zero-order chi connectivity index (χ0) is 32.0. The smallest absolute Gasteiger partial charge is 0.367 e. The molecule has 0 aliphatic rings. The molecule has 0 radical (unpaired) electrons. The normalized spacial score (nSPS) is 13.5. The van der Waals surface area contributed by atoms with Crippen molar-refractivity contribution in [3.05, 3.63) is 59.7 Å². The van der Waals surface area contributed by atoms with Crippen LogP contribution in [0.4, 0.5) is 16.2 Å². The van der Waals surface area contributed by atoms with Crippen LogP contribution in [0.25, 0.3) is 0 Å². The van der Waals surface area contributed by atoms with Crippen LogP contribution in [-0.4, -0.2) is 54.1 Å². The van der Waals surface area contributed by atoms with E-state index < -0.39 is 43.4 Å². The molecule has 0 spiro atoms. The number of rotatable bonds is 16. The summed E-state index contributed by atoms with van der Waals surface area (Å²) in [4.78, 5) is 50.6. The number of urea groups is 1. The Morgan fingerprint density at radius 1 is 1.00 bits per heavy atom. The molecule has 5 amide bonds. The predicted molar refractivity (Wildman–Crippen MR) is 164 cm³/mol. The first kappa shape index (κ1) is 34.8. The number of benzene rings is 2. The van der Waals surface area contributed by atoms with Crippen LogP contribution in [0.15, 0.2) is 48.5 Å². The third-order valence-electron chi connectivity index (χ3n) is 6.15. The van der Waals surface area contributed by atoms with Crippen molar-refractivity contribution in [1.82, 2.24) is 16.0 Å². The maximum absolute atomic E-state index is 13.4. The Morgan fingerprint density at radius 3 is 2.16 bits per heavy atom. The molecule has 0 saturated heterocycles. The minimum atomic E-state index is -3.52. The number of nitrogens with two attached hydrogens (primary N) is 1. The maximum atomic E-state index is 13.4. The molecule has 2 aromatic carbocycles. The third-order valence-corrected chi connectivity index (χ3v) is 7.66. The van der Waals surface area contributed by atoms with Crippen LogP contribution in [0.3, 0.4) is 0 Å². The van der Waals surface area contributed by atoms with Gasteiger partial charge in [0.25, 0.3) is 5.91 Å². The van der Waals surface area contributed by atoms with Gasteiger partial charge in [-0.25, -0.2) is 4.79 Å². The largest absolute Gasteiger partial charge is 0.392 e. The molecule has 43 heavy (non-hydrogen) atoms. The van der Waals surface area contributed by atoms with Gasteiger partial charge in [-0.1, -0.05) is 26.0 Å². The second-order valence-electron chi connectivity index (χ2n) is 9.82. The zero-order valence-corrected chi connectivity index (χ0v) is 25.3. The van der Waals surface area contributed by atoms with Crippen molar-refractivity contribution in [3.8, 4) is 12.1 Å². The van der Waals surface area contributed by atoms with E-state index in [9.17, 15) is 28.8 Å². The van der Waals surface area contributed by atoms with Crippen molar-refractivity contribution in [2.45, 2.75) is 52.3 Å². The van der Waals surface area contributed by atoms with Gasteiger partial charge in [-0.2, -0.15) is 0 Å². The lowest BCUT2D eigenvalue weighted by molar-refractivity contribution is -0.128. The number of hydrogen-bond donors (Lipinski definition) is 7. The van der Waals surface area contributed by atoms with Crippen LogP contribution in [0.5, 0.6) is 0 Å². The fraction of sp³-hybridized carbons (Fsp3) is 0.379. The van der Waals surface area contributed by atoms with Crippen LogP contribution in [0, 0.1) is 18.0 Å². The van der Waals surface area contributed by atoms with Crippen molar-refractivity contribution in [2.75, 3.05) is 23.6 Å². The minimum Gasteiger partial charge on any atom is -0.392 e. The molecule has 232 valence electrons. The Hall–Kier alpha value is -4.37. The van der Waals surface area contributed by atoms with Gasteiger partial charge in [0.2, 0.25) is 11.8 Å². The number of primary amides is 1. The standard InChI is InChI=1S/C29H39N6O7P/c1-5-42-43(41,6-2)35-23-15-11-21(12-16-23)26(37)34-25(19(3)4)28(39)33-24(8-7-17-31-29(30)40)27(38)32-22-13-9-20(18-36)10-14-22/h2,9-16,19,24-25,36H,5,7-8,17-18H2,1,3-4H3,(H,32,38)(H,33,39)(H,34,37)(H,35,41)(H3,30,31,40)/t24-,25-,43?/m0/s1. The number of hydrogen-bond acceptors (Lipinski definition) is 7. The summed E-state index contributed by atoms with van der Waals surface area (Å²) in [6.07, 6.45) is 5.82. The summed E-state index contributed by atoms with van der Waals surface area (Å²) in [6.45, 7) is 5.35. The molecule has 0 aliphatic carbocycles. The topological polar surface area (TPSA) is 201 Å². The second-order valence-corrected chi connectivity index (χ2v) is 11.7. The van der Waals surface area contributed by atoms with E-state index in [4.69, 9.17) is 16.7 Å². The molecule has 0 aliphatic heterocycles. The summed E-state index contributed by atoms with van der Waals surface area (Å²) >= 11 is 0. The van der Waals surface area contributed by atoms with Gasteiger partial charge in [0, 0.05) is 29.1 Å². The van der Waals surface area contributed by atoms with Crippen molar-refractivity contribution >= 4 is 42.6 Å². The van der Waals surface area contributed by atoms with Gasteiger partial charge in [0.15, 0.2) is 0 Å². The van der Waals surface area contributed by atoms with Crippen LogP contribution in [0.1, 0.15) is 49.5 Å². The number of carbonyl (C=O) groups is 4. The van der Waals surface area contributed by atoms with E-state index in [1.54, 1.807) is 45.0 Å². The lowest BCUT2D eigenvalue weighted by atomic mass is 10.0. The number of terminal acetylenes is 1. The Balaban J connectivity index is 2.13. The lowest BCUT2D eigenvalue weighted by Gasteiger charge is -2.25. The number of anilines is 2. The van der Waals surface area contributed by atoms with E-state index in [1.165, 1.54) is 24.3 Å². The van der Waals surface area contributed by atoms with Gasteiger partial charge in [-0.05, 0) is 67.6 Å². The zero-order valence-electron chi connectivity index (χ0n) is 24.4. The highest BCUT2D eigenvalue weighted by molar-refractivity contribution is 7.65. The molecule has 8 N–H and O–H groups in total. The van der Waals surface area contributed by atoms with E-state index in [2.05, 4.69) is 32.0 Å². The predicted octanol–water partition coefficient (Wildman–Crippen LogP) is 2.74. The van der Waals surface area contributed by atoms with Crippen LogP contribution in [-0.2, 0) is 25.3 Å². The molecule has 0 saturated carbocycles. The molecule has 13 nitrogen and oxygen atoms in total. The molecule has 0 heterocycles. The van der Waals surface area contributed by atoms with Gasteiger partial charge < -0.3 is 41.7 Å². The number of aliphatic hydroxyl groups excluding tert-OH is 1. The van der Waals surface area contributed by atoms with Crippen molar-refractivity contribution < 1.29 is 33.4 Å². The number of carbonyl (C=O) groups excluding carboxylic acids is 4. The average Bonchev–Trinajstić information content (AvgIpc) is 2.97. The van der Waals surface area contributed by atoms with Crippen LogP contribution >= 0.6 is 7.52 Å². The molecule has 3 atom stereocenters. The highest BCUT2D eigenvalue weighted by Crippen LogP contribution is 2.45. The van der Waals surface area contributed by atoms with Gasteiger partial charge in [0.05, 0.1) is 13.2 Å². The number of amides is 5. The summed E-state index contributed by atoms with van der Waals surface area (Å²) in [7, 11) is -3.52. The van der Waals surface area contributed by atoms with Crippen molar-refractivity contribution in [3.63, 3.8) is 0 Å². The van der Waals surface area contributed by atoms with E-state index in [-0.39, 0.29) is 37.7 Å². The lowest BCUT2D eigenvalue weighted by Crippen LogP contribution is -2.54. The van der Waals surface area contributed by atoms with Gasteiger partial charge in [0.1, 0.15) is 12.1 Å². The Kier molecular flexibility index (Phi) is 13.7. The molecule has 0 aromatic heterocycles. The first-order valence-corrected chi connectivity index (χ1v) is 15.3. The fourth-order valence-electron chi connectivity index (χ4n) is 3.88. The molecular formula is C29H39N6O7P. The molecule has 14 heteroatoms. The van der Waals surface area contributed by atoms with Gasteiger partial charge in [-0.3, -0.25) is 18.9 Å². The Bertz CT molecular complexity index is 1340. The van der Waals surface area contributed by atoms with E-state index in [0.29, 0.717) is 23.4 Å². The van der Waals surface area contributed by atoms with E-state index >= 15 is 0 Å². The fourth-order valence-corrected chi connectivity index (χ4v) is 4.94. The molecule has 2 rings (SSSR count). The monoisotopic (exact) mass is 614 g/mol. The molecule has 0 bridgehead atoms. The maximum Gasteiger partial charge on any atom is 0.367 e. The second kappa shape index (κ2) is 16.9. The summed E-state index contributed by atoms with van der Waals surface area (Å²) in [6, 6.07) is 9.82. The first-order chi connectivity index (χ1) is 20.4. The number of nitrogens with one attached hydrogen (secondary N) is 5. The molecular weight excluding hydrogens is 575 g/mol. The van der Waals surface area contributed by atoms with E-state index in [1.807, 2.05) is 0 Å². The van der Waals surface area contributed by atoms with Gasteiger partial charge in [-0.15, -0.1) is 6.42 Å². The molecule has 2 aromatic rings. The van der Waals surface area contributed by atoms with Crippen LogP contribution in [0.2, 0.25) is 0 Å². The summed E-state index contributed by atoms with van der Waals surface area (Å²) in [5, 5.41) is 22.5. The Morgan fingerprint density at radius 2 is 1.63 bits per heavy atom. The van der Waals surface area contributed by atoms with Crippen LogP contribution < -0.4 is 32.1 Å². The van der Waals surface area contributed by atoms with Crippen molar-refractivity contribution in [2.24, 2.45) is 11.7 Å². The SMILES string of the molecule is C#CP(=O)(Nc1ccc(C(=O)N[C@H](C(=O)N[C@@H](CCCNC(N)=O)C(=O)Nc2ccc(CO)cc2)C(C)C)cc1)OCC.